The van der Waals surface area contributed by atoms with E-state index in [1.807, 2.05) is 0 Å². The van der Waals surface area contributed by atoms with Gasteiger partial charge in [-0.25, -0.2) is 8.78 Å². The molecule has 0 atom stereocenters. The zero-order chi connectivity index (χ0) is 10.7. The molecule has 0 aliphatic heterocycles. The van der Waals surface area contributed by atoms with Crippen molar-refractivity contribution < 1.29 is 13.6 Å². The number of halogens is 2. The highest BCUT2D eigenvalue weighted by Crippen LogP contribution is 2.27. The molecule has 0 amide bonds. The molecule has 76 valence electrons. The van der Waals surface area contributed by atoms with Crippen LogP contribution in [0.15, 0.2) is 18.2 Å². The molecule has 0 unspecified atom stereocenters. The van der Waals surface area contributed by atoms with E-state index in [0.717, 1.165) is 0 Å². The third-order valence-corrected chi connectivity index (χ3v) is 2.00. The molecule has 1 aromatic carbocycles. The number of para-hydroxylation sites is 1. The van der Waals surface area contributed by atoms with Crippen molar-refractivity contribution in [1.82, 2.24) is 0 Å². The highest BCUT2D eigenvalue weighted by atomic mass is 19.3. The Labute approximate surface area is 80.7 Å². The number of carbonyl (C=O) groups excluding carboxylic acids is 1. The van der Waals surface area contributed by atoms with Crippen molar-refractivity contribution in [2.45, 2.75) is 19.8 Å². The Morgan fingerprint density at radius 1 is 1.50 bits per heavy atom. The van der Waals surface area contributed by atoms with Crippen LogP contribution in [0.1, 0.15) is 35.7 Å². The summed E-state index contributed by atoms with van der Waals surface area (Å²) >= 11 is 0. The van der Waals surface area contributed by atoms with E-state index in [1.54, 1.807) is 6.92 Å². The first-order valence-corrected chi connectivity index (χ1v) is 4.27. The number of hydrogen-bond acceptors (Lipinski definition) is 2. The summed E-state index contributed by atoms with van der Waals surface area (Å²) in [4.78, 5) is 11.3. The summed E-state index contributed by atoms with van der Waals surface area (Å²) in [7, 11) is 0. The van der Waals surface area contributed by atoms with Gasteiger partial charge in [0.25, 0.3) is 6.43 Å². The molecule has 0 fully saturated rings. The minimum absolute atomic E-state index is 0.102. The molecule has 0 saturated carbocycles. The van der Waals surface area contributed by atoms with Gasteiger partial charge < -0.3 is 5.73 Å². The van der Waals surface area contributed by atoms with E-state index >= 15 is 0 Å². The lowest BCUT2D eigenvalue weighted by atomic mass is 10.0. The molecule has 1 rings (SSSR count). The normalized spacial score (nSPS) is 10.6. The summed E-state index contributed by atoms with van der Waals surface area (Å²) in [5.41, 5.74) is 5.27. The molecule has 0 aliphatic carbocycles. The number of nitrogens with two attached hydrogens (primary N) is 1. The second kappa shape index (κ2) is 4.17. The fraction of sp³-hybridized carbons (Fsp3) is 0.300. The van der Waals surface area contributed by atoms with Gasteiger partial charge in [0.05, 0.1) is 5.69 Å². The molecule has 4 heteroatoms. The lowest BCUT2D eigenvalue weighted by molar-refractivity contribution is 0.0988. The van der Waals surface area contributed by atoms with Gasteiger partial charge in [-0.15, -0.1) is 0 Å². The fourth-order valence-electron chi connectivity index (χ4n) is 1.21. The van der Waals surface area contributed by atoms with Crippen molar-refractivity contribution >= 4 is 11.5 Å². The largest absolute Gasteiger partial charge is 0.398 e. The van der Waals surface area contributed by atoms with Crippen molar-refractivity contribution in [1.29, 1.82) is 0 Å². The molecule has 2 N–H and O–H groups in total. The number of Topliss-reactive ketones (excluding diaryl/α,β-unsaturated/α-hetero) is 1. The molecule has 0 spiro atoms. The second-order valence-electron chi connectivity index (χ2n) is 2.89. The monoisotopic (exact) mass is 199 g/mol. The predicted molar refractivity (Wildman–Crippen MR) is 50.4 cm³/mol. The quantitative estimate of drug-likeness (QED) is 0.600. The van der Waals surface area contributed by atoms with Crippen LogP contribution in [-0.2, 0) is 0 Å². The summed E-state index contributed by atoms with van der Waals surface area (Å²) < 4.78 is 24.8. The van der Waals surface area contributed by atoms with Crippen molar-refractivity contribution in [2.24, 2.45) is 0 Å². The first-order valence-electron chi connectivity index (χ1n) is 4.27. The van der Waals surface area contributed by atoms with Gasteiger partial charge in [0.15, 0.2) is 5.78 Å². The van der Waals surface area contributed by atoms with Crippen LogP contribution in [0.4, 0.5) is 14.5 Å². The predicted octanol–water partition coefficient (Wildman–Crippen LogP) is 2.80. The van der Waals surface area contributed by atoms with Gasteiger partial charge >= 0.3 is 0 Å². The van der Waals surface area contributed by atoms with Crippen LogP contribution < -0.4 is 5.73 Å². The van der Waals surface area contributed by atoms with Gasteiger partial charge in [-0.1, -0.05) is 19.1 Å². The standard InChI is InChI=1S/C10H11F2NO/c1-2-8(14)6-4-3-5-7(9(6)13)10(11)12/h3-5,10H,2,13H2,1H3. The van der Waals surface area contributed by atoms with Crippen LogP contribution in [0, 0.1) is 0 Å². The molecule has 0 aliphatic rings. The number of carbonyl (C=O) groups is 1. The van der Waals surface area contributed by atoms with Gasteiger partial charge in [-0.2, -0.15) is 0 Å². The van der Waals surface area contributed by atoms with Crippen molar-refractivity contribution in [3.63, 3.8) is 0 Å². The Hall–Kier alpha value is -1.45. The average Bonchev–Trinajstić information content (AvgIpc) is 2.16. The molecular formula is C10H11F2NO. The third kappa shape index (κ3) is 1.89. The van der Waals surface area contributed by atoms with Gasteiger partial charge in [-0.05, 0) is 6.07 Å². The van der Waals surface area contributed by atoms with Crippen LogP contribution in [0.3, 0.4) is 0 Å². The number of benzene rings is 1. The molecule has 0 aromatic heterocycles. The van der Waals surface area contributed by atoms with E-state index < -0.39 is 6.43 Å². The Morgan fingerprint density at radius 2 is 2.14 bits per heavy atom. The highest BCUT2D eigenvalue weighted by Gasteiger charge is 2.16. The summed E-state index contributed by atoms with van der Waals surface area (Å²) in [5, 5.41) is 0. The van der Waals surface area contributed by atoms with Gasteiger partial charge in [0.2, 0.25) is 0 Å². The summed E-state index contributed by atoms with van der Waals surface area (Å²) in [5.74, 6) is -0.218. The summed E-state index contributed by atoms with van der Waals surface area (Å²) in [6.45, 7) is 1.66. The summed E-state index contributed by atoms with van der Waals surface area (Å²) in [6.07, 6.45) is -2.38. The minimum atomic E-state index is -2.64. The maximum Gasteiger partial charge on any atom is 0.265 e. The molecular weight excluding hydrogens is 188 g/mol. The minimum Gasteiger partial charge on any atom is -0.398 e. The Balaban J connectivity index is 3.20. The van der Waals surface area contributed by atoms with Crippen LogP contribution >= 0.6 is 0 Å². The van der Waals surface area contributed by atoms with Crippen LogP contribution in [0.2, 0.25) is 0 Å². The number of rotatable bonds is 3. The molecule has 0 saturated heterocycles. The second-order valence-corrected chi connectivity index (χ2v) is 2.89. The molecule has 0 heterocycles. The number of nitrogen functional groups attached to an aromatic ring is 1. The molecule has 2 nitrogen and oxygen atoms in total. The number of alkyl halides is 2. The lowest BCUT2D eigenvalue weighted by Gasteiger charge is -2.08. The maximum absolute atomic E-state index is 12.4. The van der Waals surface area contributed by atoms with Gasteiger partial charge in [0.1, 0.15) is 0 Å². The first-order chi connectivity index (χ1) is 6.57. The maximum atomic E-state index is 12.4. The van der Waals surface area contributed by atoms with E-state index in [2.05, 4.69) is 0 Å². The molecule has 14 heavy (non-hydrogen) atoms. The zero-order valence-corrected chi connectivity index (χ0v) is 7.76. The Kier molecular flexibility index (Phi) is 3.17. The fourth-order valence-corrected chi connectivity index (χ4v) is 1.21. The van der Waals surface area contributed by atoms with E-state index in [4.69, 9.17) is 5.73 Å². The number of hydrogen-bond donors (Lipinski definition) is 1. The molecule has 1 aromatic rings. The van der Waals surface area contributed by atoms with E-state index in [0.29, 0.717) is 0 Å². The summed E-state index contributed by atoms with van der Waals surface area (Å²) in [6, 6.07) is 4.11. The lowest BCUT2D eigenvalue weighted by Crippen LogP contribution is -2.05. The molecule has 0 bridgehead atoms. The third-order valence-electron chi connectivity index (χ3n) is 2.00. The number of ketones is 1. The average molecular weight is 199 g/mol. The number of anilines is 1. The van der Waals surface area contributed by atoms with E-state index in [1.165, 1.54) is 18.2 Å². The SMILES string of the molecule is CCC(=O)c1cccc(C(F)F)c1N. The van der Waals surface area contributed by atoms with Crippen LogP contribution in [0.25, 0.3) is 0 Å². The van der Waals surface area contributed by atoms with Crippen molar-refractivity contribution in [2.75, 3.05) is 5.73 Å². The molecule has 0 radical (unpaired) electrons. The van der Waals surface area contributed by atoms with E-state index in [9.17, 15) is 13.6 Å². The van der Waals surface area contributed by atoms with Crippen molar-refractivity contribution in [3.05, 3.63) is 29.3 Å². The van der Waals surface area contributed by atoms with Gasteiger partial charge in [0, 0.05) is 17.5 Å². The van der Waals surface area contributed by atoms with Crippen LogP contribution in [-0.4, -0.2) is 5.78 Å². The highest BCUT2D eigenvalue weighted by molar-refractivity contribution is 6.01. The Bertz CT molecular complexity index is 350. The zero-order valence-electron chi connectivity index (χ0n) is 7.76. The van der Waals surface area contributed by atoms with Gasteiger partial charge in [-0.3, -0.25) is 4.79 Å². The smallest absolute Gasteiger partial charge is 0.265 e. The first kappa shape index (κ1) is 10.6. The topological polar surface area (TPSA) is 43.1 Å². The van der Waals surface area contributed by atoms with E-state index in [-0.39, 0.29) is 29.0 Å². The van der Waals surface area contributed by atoms with Crippen LogP contribution in [0.5, 0.6) is 0 Å². The van der Waals surface area contributed by atoms with Crippen molar-refractivity contribution in [3.8, 4) is 0 Å². The Morgan fingerprint density at radius 3 is 2.64 bits per heavy atom.